The summed E-state index contributed by atoms with van der Waals surface area (Å²) in [6.45, 7) is 3.51. The first-order valence-corrected chi connectivity index (χ1v) is 9.97. The average molecular weight is 389 g/mol. The zero-order chi connectivity index (χ0) is 20.8. The van der Waals surface area contributed by atoms with Crippen LogP contribution >= 0.6 is 0 Å². The summed E-state index contributed by atoms with van der Waals surface area (Å²) in [5.74, 6) is -0.812. The predicted molar refractivity (Wildman–Crippen MR) is 110 cm³/mol. The van der Waals surface area contributed by atoms with Gasteiger partial charge in [-0.15, -0.1) is 0 Å². The van der Waals surface area contributed by atoms with E-state index >= 15 is 0 Å². The Labute approximate surface area is 168 Å². The second-order valence-electron chi connectivity index (χ2n) is 6.83. The maximum atomic E-state index is 12.3. The fourth-order valence-corrected chi connectivity index (χ4v) is 3.00. The molecule has 0 unspecified atom stereocenters. The summed E-state index contributed by atoms with van der Waals surface area (Å²) >= 11 is 0. The highest BCUT2D eigenvalue weighted by atomic mass is 16.6. The molecule has 1 aliphatic rings. The summed E-state index contributed by atoms with van der Waals surface area (Å²) in [4.78, 5) is 35.1. The van der Waals surface area contributed by atoms with Crippen LogP contribution in [0, 0.1) is 0 Å². The minimum atomic E-state index is -1.04. The molecule has 0 aromatic heterocycles. The number of rotatable bonds is 12. The molecule has 5 heteroatoms. The van der Waals surface area contributed by atoms with Gasteiger partial charge in [0.2, 0.25) is 0 Å². The zero-order valence-electron chi connectivity index (χ0n) is 17.2. The van der Waals surface area contributed by atoms with E-state index in [1.54, 1.807) is 18.2 Å². The number of unbranched alkanes of at least 4 members (excludes halogenated alkanes) is 4. The van der Waals surface area contributed by atoms with Gasteiger partial charge in [0.1, 0.15) is 0 Å². The van der Waals surface area contributed by atoms with E-state index in [9.17, 15) is 14.4 Å². The quantitative estimate of drug-likeness (QED) is 0.208. The van der Waals surface area contributed by atoms with E-state index < -0.39 is 11.6 Å². The van der Waals surface area contributed by atoms with Gasteiger partial charge in [0, 0.05) is 25.3 Å². The zero-order valence-corrected chi connectivity index (χ0v) is 17.2. The molecule has 28 heavy (non-hydrogen) atoms. The fourth-order valence-electron chi connectivity index (χ4n) is 3.00. The Hall–Kier alpha value is -2.43. The van der Waals surface area contributed by atoms with Crippen LogP contribution in [0.1, 0.15) is 65.2 Å². The van der Waals surface area contributed by atoms with Crippen molar-refractivity contribution < 1.29 is 23.9 Å². The van der Waals surface area contributed by atoms with Crippen LogP contribution in [0.15, 0.2) is 48.1 Å². The summed E-state index contributed by atoms with van der Waals surface area (Å²) in [6.07, 6.45) is 19.2. The molecule has 1 rings (SSSR count). The smallest absolute Gasteiger partial charge is 0.305 e. The van der Waals surface area contributed by atoms with Crippen LogP contribution in [0.5, 0.6) is 0 Å². The lowest BCUT2D eigenvalue weighted by molar-refractivity contribution is -0.149. The molecule has 0 spiro atoms. The first-order chi connectivity index (χ1) is 13.4. The van der Waals surface area contributed by atoms with Crippen molar-refractivity contribution in [2.45, 2.75) is 70.8 Å². The van der Waals surface area contributed by atoms with Crippen LogP contribution in [0.25, 0.3) is 0 Å². The van der Waals surface area contributed by atoms with Gasteiger partial charge in [0.05, 0.1) is 7.11 Å². The van der Waals surface area contributed by atoms with Gasteiger partial charge in [-0.25, -0.2) is 0 Å². The number of esters is 2. The number of allylic oxidation sites excluding steroid dienone is 5. The summed E-state index contributed by atoms with van der Waals surface area (Å²) < 4.78 is 10.2. The highest BCUT2D eigenvalue weighted by molar-refractivity contribution is 6.09. The summed E-state index contributed by atoms with van der Waals surface area (Å²) in [6, 6.07) is 0. The van der Waals surface area contributed by atoms with E-state index in [1.165, 1.54) is 33.0 Å². The molecule has 0 aromatic rings. The molecule has 5 nitrogen and oxygen atoms in total. The van der Waals surface area contributed by atoms with Crippen molar-refractivity contribution in [3.8, 4) is 0 Å². The van der Waals surface area contributed by atoms with Crippen molar-refractivity contribution in [3.05, 3.63) is 48.1 Å². The average Bonchev–Trinajstić information content (AvgIpc) is 2.96. The van der Waals surface area contributed by atoms with Crippen LogP contribution in [0.3, 0.4) is 0 Å². The molecule has 0 heterocycles. The Kier molecular flexibility index (Phi) is 10.8. The van der Waals surface area contributed by atoms with Crippen LogP contribution in [-0.2, 0) is 23.9 Å². The molecule has 1 atom stereocenters. The maximum Gasteiger partial charge on any atom is 0.305 e. The number of hydrogen-bond donors (Lipinski definition) is 0. The Bertz CT molecular complexity index is 654. The molecule has 0 N–H and O–H groups in total. The van der Waals surface area contributed by atoms with Gasteiger partial charge < -0.3 is 9.47 Å². The van der Waals surface area contributed by atoms with Gasteiger partial charge in [-0.3, -0.25) is 14.4 Å². The Morgan fingerprint density at radius 2 is 1.86 bits per heavy atom. The third-order valence-corrected chi connectivity index (χ3v) is 4.49. The maximum absolute atomic E-state index is 12.3. The first kappa shape index (κ1) is 23.6. The Balaban J connectivity index is 2.79. The summed E-state index contributed by atoms with van der Waals surface area (Å²) in [5.41, 5.74) is -0.592. The lowest BCUT2D eigenvalue weighted by atomic mass is 9.91. The fraction of sp³-hybridized carbons (Fsp3) is 0.522. The van der Waals surface area contributed by atoms with Gasteiger partial charge >= 0.3 is 11.9 Å². The number of methoxy groups -OCH3 is 1. The lowest BCUT2D eigenvalue weighted by Crippen LogP contribution is -2.33. The summed E-state index contributed by atoms with van der Waals surface area (Å²) in [7, 11) is 1.37. The normalized spacial score (nSPS) is 20.5. The third kappa shape index (κ3) is 8.07. The van der Waals surface area contributed by atoms with Crippen molar-refractivity contribution in [1.82, 2.24) is 0 Å². The molecule has 0 saturated carbocycles. The standard InChI is InChI=1S/C23H32O5/c1-4-5-6-7-10-13-17-23(28-19(2)24)18-16-21(25)20(23)14-11-8-9-12-15-22(26)27-3/h8,10-11,13-14,16,18H,4-7,9,12,15,17H2,1-3H3/b11-8+,13-10-,20-14+/t23-/m1/s1. The molecule has 0 fully saturated rings. The lowest BCUT2D eigenvalue weighted by Gasteiger charge is -2.27. The molecule has 0 radical (unpaired) electrons. The summed E-state index contributed by atoms with van der Waals surface area (Å²) in [5, 5.41) is 0. The monoisotopic (exact) mass is 388 g/mol. The molecular formula is C23H32O5. The second-order valence-corrected chi connectivity index (χ2v) is 6.83. The minimum absolute atomic E-state index is 0.153. The Morgan fingerprint density at radius 3 is 2.54 bits per heavy atom. The highest BCUT2D eigenvalue weighted by Crippen LogP contribution is 2.34. The van der Waals surface area contributed by atoms with Gasteiger partial charge in [0.25, 0.3) is 0 Å². The van der Waals surface area contributed by atoms with Crippen LogP contribution in [0.2, 0.25) is 0 Å². The van der Waals surface area contributed by atoms with Gasteiger partial charge in [-0.2, -0.15) is 0 Å². The molecule has 0 aromatic carbocycles. The van der Waals surface area contributed by atoms with Crippen molar-refractivity contribution in [2.75, 3.05) is 7.11 Å². The van der Waals surface area contributed by atoms with Crippen molar-refractivity contribution in [1.29, 1.82) is 0 Å². The molecule has 0 bridgehead atoms. The molecule has 0 saturated heterocycles. The van der Waals surface area contributed by atoms with E-state index in [0.29, 0.717) is 31.3 Å². The first-order valence-electron chi connectivity index (χ1n) is 9.97. The number of carbonyl (C=O) groups excluding carboxylic acids is 3. The highest BCUT2D eigenvalue weighted by Gasteiger charge is 2.41. The van der Waals surface area contributed by atoms with Crippen molar-refractivity contribution >= 4 is 17.7 Å². The number of hydrogen-bond acceptors (Lipinski definition) is 5. The molecule has 1 aliphatic carbocycles. The molecule has 0 amide bonds. The van der Waals surface area contributed by atoms with Crippen molar-refractivity contribution in [3.63, 3.8) is 0 Å². The van der Waals surface area contributed by atoms with Crippen LogP contribution < -0.4 is 0 Å². The van der Waals surface area contributed by atoms with Gasteiger partial charge in [-0.1, -0.05) is 50.1 Å². The minimum Gasteiger partial charge on any atom is -0.469 e. The largest absolute Gasteiger partial charge is 0.469 e. The second kappa shape index (κ2) is 12.9. The van der Waals surface area contributed by atoms with Crippen molar-refractivity contribution in [2.24, 2.45) is 0 Å². The molecular weight excluding hydrogens is 356 g/mol. The van der Waals surface area contributed by atoms with Gasteiger partial charge in [-0.05, 0) is 37.8 Å². The molecule has 154 valence electrons. The van der Waals surface area contributed by atoms with E-state index in [0.717, 1.165) is 12.8 Å². The predicted octanol–water partition coefficient (Wildman–Crippen LogP) is 4.78. The van der Waals surface area contributed by atoms with Gasteiger partial charge in [0.15, 0.2) is 11.4 Å². The number of ether oxygens (including phenoxy) is 2. The number of carbonyl (C=O) groups is 3. The van der Waals surface area contributed by atoms with E-state index in [4.69, 9.17) is 4.74 Å². The molecule has 0 aliphatic heterocycles. The van der Waals surface area contributed by atoms with E-state index in [-0.39, 0.29) is 11.8 Å². The van der Waals surface area contributed by atoms with Crippen LogP contribution in [0.4, 0.5) is 0 Å². The van der Waals surface area contributed by atoms with E-state index in [1.807, 2.05) is 12.2 Å². The number of ketones is 1. The van der Waals surface area contributed by atoms with E-state index in [2.05, 4.69) is 17.7 Å². The topological polar surface area (TPSA) is 69.7 Å². The Morgan fingerprint density at radius 1 is 1.11 bits per heavy atom. The van der Waals surface area contributed by atoms with Crippen LogP contribution in [-0.4, -0.2) is 30.4 Å². The SMILES string of the molecule is CCCCC/C=C\C[C@@]1(OC(C)=O)C=CC(=O)/C1=C\C=C\CCCC(=O)OC. The third-order valence-electron chi connectivity index (χ3n) is 4.49.